The molecule has 7 heteroatoms. The Balaban J connectivity index is 2.33. The van der Waals surface area contributed by atoms with E-state index in [0.29, 0.717) is 17.9 Å². The van der Waals surface area contributed by atoms with E-state index in [-0.39, 0.29) is 12.1 Å². The molecule has 0 spiro atoms. The molecule has 0 fully saturated rings. The van der Waals surface area contributed by atoms with E-state index in [1.54, 1.807) is 30.3 Å². The van der Waals surface area contributed by atoms with Gasteiger partial charge in [-0.1, -0.05) is 0 Å². The van der Waals surface area contributed by atoms with Gasteiger partial charge >= 0.3 is 5.97 Å². The van der Waals surface area contributed by atoms with Gasteiger partial charge in [-0.2, -0.15) is 0 Å². The minimum absolute atomic E-state index is 0.0958. The number of hydrogen-bond donors (Lipinski definition) is 1. The van der Waals surface area contributed by atoms with Crippen LogP contribution in [0.25, 0.3) is 5.65 Å². The van der Waals surface area contributed by atoms with Gasteiger partial charge in [0.05, 0.1) is 12.2 Å². The molecule has 1 N–H and O–H groups in total. The first kappa shape index (κ1) is 13.7. The van der Waals surface area contributed by atoms with Gasteiger partial charge in [0.15, 0.2) is 0 Å². The van der Waals surface area contributed by atoms with E-state index in [4.69, 9.17) is 5.11 Å². The molecule has 2 heterocycles. The molecule has 0 unspecified atom stereocenters. The number of carbonyl (C=O) groups is 1. The van der Waals surface area contributed by atoms with Crippen molar-refractivity contribution in [2.24, 2.45) is 0 Å². The molecule has 2 aromatic rings. The number of nitrogens with zero attached hydrogens (tertiary/aromatic N) is 3. The molecule has 0 aromatic carbocycles. The third-order valence-electron chi connectivity index (χ3n) is 2.51. The number of carboxylic acid groups (broad SMARTS) is 1. The summed E-state index contributed by atoms with van der Waals surface area (Å²) in [6.45, 7) is 0.218. The summed E-state index contributed by atoms with van der Waals surface area (Å²) in [6, 6.07) is 4.94. The number of carboxylic acids is 1. The predicted molar refractivity (Wildman–Crippen MR) is 73.1 cm³/mol. The first-order chi connectivity index (χ1) is 8.95. The Kier molecular flexibility index (Phi) is 3.96. The molecule has 0 amide bonds. The molecule has 0 aliphatic heterocycles. The normalized spacial score (nSPS) is 11.1. The third kappa shape index (κ3) is 3.39. The summed E-state index contributed by atoms with van der Waals surface area (Å²) in [5, 5.41) is 8.69. The van der Waals surface area contributed by atoms with Crippen LogP contribution < -0.4 is 5.56 Å². The van der Waals surface area contributed by atoms with E-state index in [0.717, 1.165) is 4.47 Å². The zero-order valence-corrected chi connectivity index (χ0v) is 11.8. The highest BCUT2D eigenvalue weighted by Crippen LogP contribution is 2.09. The van der Waals surface area contributed by atoms with Crippen LogP contribution in [0.5, 0.6) is 0 Å². The highest BCUT2D eigenvalue weighted by molar-refractivity contribution is 9.10. The SMILES string of the molecule is CN(CC(=O)O)Cc1cc(=O)n2cc(Br)ccc2n1. The van der Waals surface area contributed by atoms with Crippen molar-refractivity contribution in [3.8, 4) is 0 Å². The van der Waals surface area contributed by atoms with Crippen molar-refractivity contribution in [3.05, 3.63) is 44.9 Å². The van der Waals surface area contributed by atoms with Gasteiger partial charge in [0.1, 0.15) is 5.65 Å². The maximum absolute atomic E-state index is 11.9. The summed E-state index contributed by atoms with van der Waals surface area (Å²) in [4.78, 5) is 28.4. The molecule has 0 aliphatic carbocycles. The summed E-state index contributed by atoms with van der Waals surface area (Å²) in [6.07, 6.45) is 1.65. The van der Waals surface area contributed by atoms with Crippen LogP contribution in [-0.2, 0) is 11.3 Å². The van der Waals surface area contributed by atoms with E-state index in [9.17, 15) is 9.59 Å². The van der Waals surface area contributed by atoms with Crippen LogP contribution in [0.4, 0.5) is 0 Å². The van der Waals surface area contributed by atoms with Gasteiger partial charge < -0.3 is 5.11 Å². The number of pyridine rings is 1. The van der Waals surface area contributed by atoms with Crippen LogP contribution in [0, 0.1) is 0 Å². The average Bonchev–Trinajstić information content (AvgIpc) is 2.29. The molecule has 0 bridgehead atoms. The lowest BCUT2D eigenvalue weighted by Gasteiger charge is -2.13. The fourth-order valence-electron chi connectivity index (χ4n) is 1.77. The molecular formula is C12H12BrN3O3. The predicted octanol–water partition coefficient (Wildman–Crippen LogP) is 0.973. The molecule has 0 aliphatic rings. The maximum atomic E-state index is 11.9. The topological polar surface area (TPSA) is 74.9 Å². The van der Waals surface area contributed by atoms with Gasteiger partial charge in [-0.25, -0.2) is 4.98 Å². The zero-order valence-electron chi connectivity index (χ0n) is 10.2. The lowest BCUT2D eigenvalue weighted by atomic mass is 10.3. The van der Waals surface area contributed by atoms with Gasteiger partial charge in [0.2, 0.25) is 0 Å². The van der Waals surface area contributed by atoms with Crippen LogP contribution in [0.3, 0.4) is 0 Å². The fraction of sp³-hybridized carbons (Fsp3) is 0.250. The van der Waals surface area contributed by atoms with Gasteiger partial charge in [-0.3, -0.25) is 18.9 Å². The Morgan fingerprint density at radius 1 is 1.53 bits per heavy atom. The summed E-state index contributed by atoms with van der Waals surface area (Å²) < 4.78 is 2.23. The third-order valence-corrected chi connectivity index (χ3v) is 2.98. The molecule has 100 valence electrons. The molecular weight excluding hydrogens is 314 g/mol. The number of halogens is 1. The Morgan fingerprint density at radius 3 is 2.95 bits per heavy atom. The first-order valence-electron chi connectivity index (χ1n) is 5.54. The van der Waals surface area contributed by atoms with Crippen LogP contribution in [0.2, 0.25) is 0 Å². The van der Waals surface area contributed by atoms with Gasteiger partial charge in [0.25, 0.3) is 5.56 Å². The molecule has 0 saturated carbocycles. The van der Waals surface area contributed by atoms with E-state index in [1.807, 2.05) is 0 Å². The number of likely N-dealkylation sites (N-methyl/N-ethyl adjacent to an activating group) is 1. The van der Waals surface area contributed by atoms with Crippen LogP contribution in [0.15, 0.2) is 33.7 Å². The van der Waals surface area contributed by atoms with Crippen molar-refractivity contribution in [2.75, 3.05) is 13.6 Å². The second kappa shape index (κ2) is 5.50. The smallest absolute Gasteiger partial charge is 0.317 e. The van der Waals surface area contributed by atoms with Crippen molar-refractivity contribution < 1.29 is 9.90 Å². The second-order valence-corrected chi connectivity index (χ2v) is 5.14. The summed E-state index contributed by atoms with van der Waals surface area (Å²) >= 11 is 3.29. The van der Waals surface area contributed by atoms with E-state index in [1.165, 1.54) is 10.5 Å². The Morgan fingerprint density at radius 2 is 2.26 bits per heavy atom. The minimum atomic E-state index is -0.913. The standard InChI is InChI=1S/C12H12BrN3O3/c1-15(7-12(18)19)6-9-4-11(17)16-5-8(13)2-3-10(16)14-9/h2-5H,6-7H2,1H3,(H,18,19). The zero-order chi connectivity index (χ0) is 14.0. The number of aromatic nitrogens is 2. The maximum Gasteiger partial charge on any atom is 0.317 e. The van der Waals surface area contributed by atoms with Gasteiger partial charge in [-0.05, 0) is 35.1 Å². The van der Waals surface area contributed by atoms with Crippen LogP contribution in [-0.4, -0.2) is 39.0 Å². The molecule has 0 radical (unpaired) electrons. The van der Waals surface area contributed by atoms with Crippen molar-refractivity contribution in [2.45, 2.75) is 6.54 Å². The van der Waals surface area contributed by atoms with Gasteiger partial charge in [-0.15, -0.1) is 0 Å². The molecule has 19 heavy (non-hydrogen) atoms. The molecule has 0 atom stereocenters. The van der Waals surface area contributed by atoms with Crippen molar-refractivity contribution >= 4 is 27.5 Å². The lowest BCUT2D eigenvalue weighted by Crippen LogP contribution is -2.27. The number of rotatable bonds is 4. The quantitative estimate of drug-likeness (QED) is 0.906. The highest BCUT2D eigenvalue weighted by atomic mass is 79.9. The van der Waals surface area contributed by atoms with Crippen molar-refractivity contribution in [1.82, 2.24) is 14.3 Å². The summed E-state index contributed by atoms with van der Waals surface area (Å²) in [5.74, 6) is -0.913. The van der Waals surface area contributed by atoms with Crippen molar-refractivity contribution in [3.63, 3.8) is 0 Å². The lowest BCUT2D eigenvalue weighted by molar-refractivity contribution is -0.138. The molecule has 2 rings (SSSR count). The first-order valence-corrected chi connectivity index (χ1v) is 6.33. The van der Waals surface area contributed by atoms with Gasteiger partial charge in [0, 0.05) is 23.3 Å². The van der Waals surface area contributed by atoms with E-state index in [2.05, 4.69) is 20.9 Å². The second-order valence-electron chi connectivity index (χ2n) is 4.23. The highest BCUT2D eigenvalue weighted by Gasteiger charge is 2.08. The average molecular weight is 326 g/mol. The minimum Gasteiger partial charge on any atom is -0.480 e. The molecule has 2 aromatic heterocycles. The Bertz CT molecular complexity index is 683. The largest absolute Gasteiger partial charge is 0.480 e. The number of fused-ring (bicyclic) bond motifs is 1. The number of aliphatic carboxylic acids is 1. The van der Waals surface area contributed by atoms with Crippen LogP contribution in [0.1, 0.15) is 5.69 Å². The van der Waals surface area contributed by atoms with Crippen molar-refractivity contribution in [1.29, 1.82) is 0 Å². The Labute approximate surface area is 117 Å². The molecule has 6 nitrogen and oxygen atoms in total. The number of hydrogen-bond acceptors (Lipinski definition) is 4. The molecule has 0 saturated heterocycles. The summed E-state index contributed by atoms with van der Waals surface area (Å²) in [7, 11) is 1.67. The van der Waals surface area contributed by atoms with E-state index >= 15 is 0 Å². The Hall–Kier alpha value is -1.73. The summed E-state index contributed by atoms with van der Waals surface area (Å²) in [5.41, 5.74) is 0.899. The fourth-order valence-corrected chi connectivity index (χ4v) is 2.11. The van der Waals surface area contributed by atoms with Crippen LogP contribution >= 0.6 is 15.9 Å². The monoisotopic (exact) mass is 325 g/mol. The van der Waals surface area contributed by atoms with E-state index < -0.39 is 5.97 Å².